The van der Waals surface area contributed by atoms with Crippen LogP contribution in [0.4, 0.5) is 0 Å². The molecule has 4 aliphatic rings. The second-order valence-corrected chi connectivity index (χ2v) is 34.3. The maximum absolute atomic E-state index is 8.04. The lowest BCUT2D eigenvalue weighted by atomic mass is 9.58. The Labute approximate surface area is 264 Å². The number of rotatable bonds is 6. The van der Waals surface area contributed by atoms with Gasteiger partial charge >= 0.3 is 0 Å². The van der Waals surface area contributed by atoms with E-state index in [1.165, 1.54) is 12.2 Å². The van der Waals surface area contributed by atoms with Crippen molar-refractivity contribution in [2.45, 2.75) is 175 Å². The highest BCUT2D eigenvalue weighted by atomic mass is 28.4. The highest BCUT2D eigenvalue weighted by molar-refractivity contribution is 6.75. The molecule has 0 heterocycles. The standard InChI is InChI=1S/C36H68O3Si3/c1-31(2,3)40(13,14)37-29-20-19-21-35(12)26(29)23-27-30(38-41(15,16)32(4,5)6)28-22-25(34(27,10)11)24-36(28,35)39-42(17,18)33(7,8)9/h19-20,25,27-28,30H,21-24H2,1-18H3/t25-,27+,28?,30-,35-,36?/m1/s1. The molecule has 0 aromatic rings. The molecule has 0 N–H and O–H groups in total. The van der Waals surface area contributed by atoms with Gasteiger partial charge in [0.15, 0.2) is 16.6 Å². The van der Waals surface area contributed by atoms with E-state index in [0.717, 1.165) is 19.3 Å². The topological polar surface area (TPSA) is 27.7 Å². The predicted molar refractivity (Wildman–Crippen MR) is 188 cm³/mol. The quantitative estimate of drug-likeness (QED) is 0.273. The summed E-state index contributed by atoms with van der Waals surface area (Å²) in [5.74, 6) is 2.70. The summed E-state index contributed by atoms with van der Waals surface area (Å²) in [4.78, 5) is 0. The summed E-state index contributed by atoms with van der Waals surface area (Å²) in [6.45, 7) is 44.0. The third-order valence-corrected chi connectivity index (χ3v) is 27.6. The molecule has 4 aliphatic carbocycles. The molecule has 3 saturated carbocycles. The first kappa shape index (κ1) is 34.7. The van der Waals surface area contributed by atoms with Crippen molar-refractivity contribution in [3.63, 3.8) is 0 Å². The zero-order chi connectivity index (χ0) is 32.3. The van der Waals surface area contributed by atoms with Crippen LogP contribution in [0.2, 0.25) is 54.4 Å². The molecule has 42 heavy (non-hydrogen) atoms. The van der Waals surface area contributed by atoms with Crippen LogP contribution < -0.4 is 0 Å². The van der Waals surface area contributed by atoms with E-state index in [1.54, 1.807) is 5.57 Å². The smallest absolute Gasteiger partial charge is 0.250 e. The summed E-state index contributed by atoms with van der Waals surface area (Å²) >= 11 is 0. The lowest BCUT2D eigenvalue weighted by Crippen LogP contribution is -2.62. The van der Waals surface area contributed by atoms with Gasteiger partial charge in [0.2, 0.25) is 8.32 Å². The molecule has 0 saturated heterocycles. The zero-order valence-corrected chi connectivity index (χ0v) is 34.0. The monoisotopic (exact) mass is 632 g/mol. The third kappa shape index (κ3) is 5.17. The Kier molecular flexibility index (Phi) is 8.20. The first-order valence-electron chi connectivity index (χ1n) is 17.0. The molecule has 0 radical (unpaired) electrons. The van der Waals surface area contributed by atoms with Gasteiger partial charge < -0.3 is 13.3 Å². The fraction of sp³-hybridized carbons (Fsp3) is 0.889. The lowest BCUT2D eigenvalue weighted by Gasteiger charge is -2.57. The molecule has 6 atom stereocenters. The SMILES string of the molecule is CC1(C)[C@@H]2CC3[C@H](O[Si](C)(C)C(C)(C)C)[C@@H]1CC1=C(O[Si](C)(C)C(C)(C)C)C=CC[C@@]1(C)C3(O[Si](C)(C)C(C)(C)C)C2. The molecule has 3 fully saturated rings. The van der Waals surface area contributed by atoms with Crippen LogP contribution in [0.5, 0.6) is 0 Å². The highest BCUT2D eigenvalue weighted by Gasteiger charge is 2.73. The average molecular weight is 633 g/mol. The lowest BCUT2D eigenvalue weighted by molar-refractivity contribution is -0.107. The van der Waals surface area contributed by atoms with E-state index < -0.39 is 25.0 Å². The number of hydrogen-bond donors (Lipinski definition) is 0. The van der Waals surface area contributed by atoms with Crippen molar-refractivity contribution in [1.29, 1.82) is 0 Å². The van der Waals surface area contributed by atoms with Crippen LogP contribution in [0.1, 0.15) is 109 Å². The second-order valence-electron chi connectivity index (χ2n) is 20.1. The Balaban J connectivity index is 2.01. The summed E-state index contributed by atoms with van der Waals surface area (Å²) in [6.07, 6.45) is 9.46. The minimum Gasteiger partial charge on any atom is -0.544 e. The van der Waals surface area contributed by atoms with Gasteiger partial charge in [-0.25, -0.2) is 0 Å². The fourth-order valence-electron chi connectivity index (χ4n) is 8.00. The maximum atomic E-state index is 8.04. The van der Waals surface area contributed by atoms with Crippen molar-refractivity contribution >= 4 is 25.0 Å². The Morgan fingerprint density at radius 2 is 1.26 bits per heavy atom. The van der Waals surface area contributed by atoms with E-state index >= 15 is 0 Å². The van der Waals surface area contributed by atoms with E-state index in [4.69, 9.17) is 13.3 Å². The van der Waals surface area contributed by atoms with Gasteiger partial charge in [-0.3, -0.25) is 0 Å². The summed E-state index contributed by atoms with van der Waals surface area (Å²) in [6, 6.07) is 0. The van der Waals surface area contributed by atoms with Crippen LogP contribution in [-0.2, 0) is 13.3 Å². The minimum absolute atomic E-state index is 0.103. The van der Waals surface area contributed by atoms with Gasteiger partial charge in [0.05, 0.1) is 11.7 Å². The summed E-state index contributed by atoms with van der Waals surface area (Å²) in [5, 5.41) is 0.454. The molecule has 0 aromatic heterocycles. The van der Waals surface area contributed by atoms with Gasteiger partial charge in [0, 0.05) is 11.3 Å². The van der Waals surface area contributed by atoms with E-state index in [-0.39, 0.29) is 37.6 Å². The molecule has 2 unspecified atom stereocenters. The van der Waals surface area contributed by atoms with Crippen LogP contribution in [-0.4, -0.2) is 36.7 Å². The zero-order valence-electron chi connectivity index (χ0n) is 31.0. The molecule has 0 aliphatic heterocycles. The molecule has 0 spiro atoms. The molecular weight excluding hydrogens is 565 g/mol. The number of allylic oxidation sites excluding steroid dienone is 2. The van der Waals surface area contributed by atoms with Crippen molar-refractivity contribution in [2.75, 3.05) is 0 Å². The highest BCUT2D eigenvalue weighted by Crippen LogP contribution is 2.73. The van der Waals surface area contributed by atoms with Crippen molar-refractivity contribution in [1.82, 2.24) is 0 Å². The first-order chi connectivity index (χ1) is 18.5. The Hall–Kier alpha value is -0.149. The van der Waals surface area contributed by atoms with Gasteiger partial charge in [0.25, 0.3) is 0 Å². The third-order valence-electron chi connectivity index (χ3n) is 14.3. The van der Waals surface area contributed by atoms with Crippen molar-refractivity contribution in [3.8, 4) is 0 Å². The molecule has 0 aromatic carbocycles. The van der Waals surface area contributed by atoms with Gasteiger partial charge in [-0.05, 0) is 109 Å². The molecule has 3 bridgehead atoms. The molecule has 242 valence electrons. The van der Waals surface area contributed by atoms with E-state index in [9.17, 15) is 0 Å². The van der Waals surface area contributed by atoms with Crippen molar-refractivity contribution < 1.29 is 13.3 Å². The van der Waals surface area contributed by atoms with Crippen LogP contribution in [0.25, 0.3) is 0 Å². The Morgan fingerprint density at radius 3 is 1.76 bits per heavy atom. The molecule has 6 heteroatoms. The molecule has 4 rings (SSSR count). The van der Waals surface area contributed by atoms with Gasteiger partial charge in [0.1, 0.15) is 5.76 Å². The average Bonchev–Trinajstić information content (AvgIpc) is 3.10. The number of hydrogen-bond acceptors (Lipinski definition) is 3. The molecular formula is C36H68O3Si3. The minimum atomic E-state index is -2.14. The van der Waals surface area contributed by atoms with Crippen LogP contribution >= 0.6 is 0 Å². The summed E-state index contributed by atoms with van der Waals surface area (Å²) in [5.41, 5.74) is 1.37. The van der Waals surface area contributed by atoms with E-state index in [2.05, 4.69) is 135 Å². The van der Waals surface area contributed by atoms with Gasteiger partial charge in [-0.15, -0.1) is 0 Å². The Morgan fingerprint density at radius 1 is 0.738 bits per heavy atom. The van der Waals surface area contributed by atoms with Crippen LogP contribution in [0.15, 0.2) is 23.5 Å². The van der Waals surface area contributed by atoms with E-state index in [0.29, 0.717) is 17.8 Å². The van der Waals surface area contributed by atoms with Crippen LogP contribution in [0, 0.1) is 28.6 Å². The summed E-state index contributed by atoms with van der Waals surface area (Å²) < 4.78 is 23.0. The molecule has 0 amide bonds. The van der Waals surface area contributed by atoms with Crippen LogP contribution in [0.3, 0.4) is 0 Å². The van der Waals surface area contributed by atoms with Crippen molar-refractivity contribution in [2.24, 2.45) is 28.6 Å². The second kappa shape index (κ2) is 9.92. The number of fused-ring (bicyclic) bond motifs is 4. The van der Waals surface area contributed by atoms with Gasteiger partial charge in [-0.1, -0.05) is 89.2 Å². The predicted octanol–water partition coefficient (Wildman–Crippen LogP) is 11.5. The fourth-order valence-corrected chi connectivity index (χ4v) is 12.1. The van der Waals surface area contributed by atoms with Gasteiger partial charge in [-0.2, -0.15) is 0 Å². The Bertz CT molecular complexity index is 1130. The maximum Gasteiger partial charge on any atom is 0.250 e. The first-order valence-corrected chi connectivity index (χ1v) is 25.7. The van der Waals surface area contributed by atoms with Crippen molar-refractivity contribution in [3.05, 3.63) is 23.5 Å². The largest absolute Gasteiger partial charge is 0.544 e. The van der Waals surface area contributed by atoms with E-state index in [1.807, 2.05) is 0 Å². The summed E-state index contributed by atoms with van der Waals surface area (Å²) in [7, 11) is -6.22. The molecule has 3 nitrogen and oxygen atoms in total. The normalized spacial score (nSPS) is 35.4.